The molecule has 6 nitrogen and oxygen atoms in total. The highest BCUT2D eigenvalue weighted by atomic mass is 16.4. The van der Waals surface area contributed by atoms with Gasteiger partial charge in [-0.1, -0.05) is 12.1 Å². The molecule has 0 unspecified atom stereocenters. The van der Waals surface area contributed by atoms with Crippen LogP contribution in [0.1, 0.15) is 28.1 Å². The van der Waals surface area contributed by atoms with E-state index in [9.17, 15) is 10.1 Å². The smallest absolute Gasteiger partial charge is 0.336 e. The molecular weight excluding hydrogens is 292 g/mol. The summed E-state index contributed by atoms with van der Waals surface area (Å²) in [7, 11) is 0. The number of hydrogen-bond acceptors (Lipinski definition) is 5. The number of nitriles is 2. The summed E-state index contributed by atoms with van der Waals surface area (Å²) in [5.41, 5.74) is 3.02. The van der Waals surface area contributed by atoms with Crippen molar-refractivity contribution < 1.29 is 4.42 Å². The number of benzene rings is 1. The van der Waals surface area contributed by atoms with Crippen molar-refractivity contribution in [2.75, 3.05) is 0 Å². The SMILES string of the molecule is Cc1ccc2c(Cn3cnc(C#N)c3C#N)cc(=O)oc2c1C. The Morgan fingerprint density at radius 2 is 2.04 bits per heavy atom. The van der Waals surface area contributed by atoms with Crippen LogP contribution in [0.3, 0.4) is 0 Å². The second-order valence-corrected chi connectivity index (χ2v) is 5.27. The molecule has 0 amide bonds. The fourth-order valence-electron chi connectivity index (χ4n) is 2.54. The van der Waals surface area contributed by atoms with Crippen LogP contribution in [-0.2, 0) is 6.54 Å². The minimum atomic E-state index is -0.444. The van der Waals surface area contributed by atoms with E-state index in [0.29, 0.717) is 5.58 Å². The van der Waals surface area contributed by atoms with Crippen LogP contribution in [0.2, 0.25) is 0 Å². The van der Waals surface area contributed by atoms with Crippen LogP contribution in [0.4, 0.5) is 0 Å². The third kappa shape index (κ3) is 2.37. The van der Waals surface area contributed by atoms with Gasteiger partial charge >= 0.3 is 5.63 Å². The molecule has 0 fully saturated rings. The Morgan fingerprint density at radius 3 is 2.74 bits per heavy atom. The van der Waals surface area contributed by atoms with Crippen molar-refractivity contribution >= 4 is 11.0 Å². The van der Waals surface area contributed by atoms with E-state index >= 15 is 0 Å². The minimum absolute atomic E-state index is 0.0757. The molecule has 6 heteroatoms. The molecule has 0 aliphatic heterocycles. The van der Waals surface area contributed by atoms with Gasteiger partial charge in [0.25, 0.3) is 0 Å². The number of hydrogen-bond donors (Lipinski definition) is 0. The quantitative estimate of drug-likeness (QED) is 0.677. The number of fused-ring (bicyclic) bond motifs is 1. The Labute approximate surface area is 131 Å². The lowest BCUT2D eigenvalue weighted by Crippen LogP contribution is -2.07. The van der Waals surface area contributed by atoms with Crippen molar-refractivity contribution in [2.45, 2.75) is 20.4 Å². The monoisotopic (exact) mass is 304 g/mol. The molecule has 0 N–H and O–H groups in total. The number of aromatic nitrogens is 2. The second-order valence-electron chi connectivity index (χ2n) is 5.27. The maximum absolute atomic E-state index is 11.9. The van der Waals surface area contributed by atoms with Crippen molar-refractivity contribution in [1.82, 2.24) is 9.55 Å². The summed E-state index contributed by atoms with van der Waals surface area (Å²) in [6.45, 7) is 4.11. The lowest BCUT2D eigenvalue weighted by molar-refractivity contribution is 0.555. The van der Waals surface area contributed by atoms with Gasteiger partial charge in [0.1, 0.15) is 17.7 Å². The zero-order valence-electron chi connectivity index (χ0n) is 12.6. The van der Waals surface area contributed by atoms with Crippen molar-refractivity contribution in [3.8, 4) is 12.1 Å². The highest BCUT2D eigenvalue weighted by Gasteiger charge is 2.14. The second kappa shape index (κ2) is 5.43. The van der Waals surface area contributed by atoms with Crippen LogP contribution in [0.15, 0.2) is 33.7 Å². The Balaban J connectivity index is 2.21. The van der Waals surface area contributed by atoms with E-state index in [1.54, 1.807) is 4.57 Å². The summed E-state index contributed by atoms with van der Waals surface area (Å²) in [6, 6.07) is 9.12. The lowest BCUT2D eigenvalue weighted by Gasteiger charge is -2.10. The fourth-order valence-corrected chi connectivity index (χ4v) is 2.54. The van der Waals surface area contributed by atoms with Crippen LogP contribution in [0.25, 0.3) is 11.0 Å². The van der Waals surface area contributed by atoms with Crippen molar-refractivity contribution in [3.63, 3.8) is 0 Å². The van der Waals surface area contributed by atoms with E-state index < -0.39 is 5.63 Å². The molecule has 1 aromatic carbocycles. The summed E-state index contributed by atoms with van der Waals surface area (Å²) >= 11 is 0. The molecule has 23 heavy (non-hydrogen) atoms. The molecule has 0 aliphatic carbocycles. The summed E-state index contributed by atoms with van der Waals surface area (Å²) < 4.78 is 6.89. The van der Waals surface area contributed by atoms with Gasteiger partial charge in [0.05, 0.1) is 12.9 Å². The minimum Gasteiger partial charge on any atom is -0.422 e. The van der Waals surface area contributed by atoms with Crippen molar-refractivity contribution in [1.29, 1.82) is 10.5 Å². The molecule has 0 atom stereocenters. The largest absolute Gasteiger partial charge is 0.422 e. The fraction of sp³-hybridized carbons (Fsp3) is 0.176. The number of nitrogens with zero attached hydrogens (tertiary/aromatic N) is 4. The third-order valence-corrected chi connectivity index (χ3v) is 3.91. The van der Waals surface area contributed by atoms with E-state index in [0.717, 1.165) is 22.1 Å². The number of rotatable bonds is 2. The molecule has 2 heterocycles. The molecule has 0 saturated carbocycles. The van der Waals surface area contributed by atoms with E-state index in [1.165, 1.54) is 12.4 Å². The van der Waals surface area contributed by atoms with Crippen LogP contribution < -0.4 is 5.63 Å². The predicted molar refractivity (Wildman–Crippen MR) is 82.7 cm³/mol. The Bertz CT molecular complexity index is 1060. The van der Waals surface area contributed by atoms with E-state index in [-0.39, 0.29) is 17.9 Å². The molecule has 0 saturated heterocycles. The van der Waals surface area contributed by atoms with Crippen LogP contribution in [0, 0.1) is 36.5 Å². The van der Waals surface area contributed by atoms with Gasteiger partial charge in [0.2, 0.25) is 0 Å². The topological polar surface area (TPSA) is 95.6 Å². The highest BCUT2D eigenvalue weighted by Crippen LogP contribution is 2.24. The molecule has 3 rings (SSSR count). The van der Waals surface area contributed by atoms with Gasteiger partial charge in [-0.05, 0) is 30.5 Å². The molecule has 0 spiro atoms. The average Bonchev–Trinajstić information content (AvgIpc) is 2.93. The predicted octanol–water partition coefficient (Wildman–Crippen LogP) is 2.40. The highest BCUT2D eigenvalue weighted by molar-refractivity contribution is 5.83. The van der Waals surface area contributed by atoms with Crippen LogP contribution in [-0.4, -0.2) is 9.55 Å². The van der Waals surface area contributed by atoms with Gasteiger partial charge in [0, 0.05) is 11.5 Å². The number of imidazole rings is 1. The Hall–Kier alpha value is -3.38. The molecule has 2 aromatic heterocycles. The summed E-state index contributed by atoms with van der Waals surface area (Å²) in [5, 5.41) is 19.0. The summed E-state index contributed by atoms with van der Waals surface area (Å²) in [4.78, 5) is 15.8. The van der Waals surface area contributed by atoms with Gasteiger partial charge in [-0.25, -0.2) is 9.78 Å². The molecule has 0 radical (unpaired) electrons. The molecule has 112 valence electrons. The van der Waals surface area contributed by atoms with Gasteiger partial charge in [0.15, 0.2) is 11.4 Å². The van der Waals surface area contributed by atoms with Crippen molar-refractivity contribution in [2.24, 2.45) is 0 Å². The Kier molecular flexibility index (Phi) is 3.44. The molecular formula is C17H12N4O2. The van der Waals surface area contributed by atoms with Gasteiger partial charge < -0.3 is 8.98 Å². The van der Waals surface area contributed by atoms with Crippen molar-refractivity contribution in [3.05, 3.63) is 63.0 Å². The van der Waals surface area contributed by atoms with Gasteiger partial charge in [-0.2, -0.15) is 10.5 Å². The molecule has 0 aliphatic rings. The molecule has 3 aromatic rings. The van der Waals surface area contributed by atoms with Crippen LogP contribution in [0.5, 0.6) is 0 Å². The maximum atomic E-state index is 11.9. The molecule has 0 bridgehead atoms. The zero-order valence-corrected chi connectivity index (χ0v) is 12.6. The maximum Gasteiger partial charge on any atom is 0.336 e. The first-order valence-corrected chi connectivity index (χ1v) is 6.93. The average molecular weight is 304 g/mol. The van der Waals surface area contributed by atoms with E-state index in [2.05, 4.69) is 4.98 Å². The number of aryl methyl sites for hydroxylation is 2. The van der Waals surface area contributed by atoms with Gasteiger partial charge in [-0.3, -0.25) is 0 Å². The lowest BCUT2D eigenvalue weighted by atomic mass is 10.0. The first-order chi connectivity index (χ1) is 11.0. The van der Waals surface area contributed by atoms with E-state index in [4.69, 9.17) is 9.68 Å². The Morgan fingerprint density at radius 1 is 1.26 bits per heavy atom. The van der Waals surface area contributed by atoms with E-state index in [1.807, 2.05) is 38.1 Å². The third-order valence-electron chi connectivity index (χ3n) is 3.91. The van der Waals surface area contributed by atoms with Gasteiger partial charge in [-0.15, -0.1) is 0 Å². The first kappa shape index (κ1) is 14.6. The first-order valence-electron chi connectivity index (χ1n) is 6.93. The van der Waals surface area contributed by atoms with Crippen LogP contribution >= 0.6 is 0 Å². The zero-order chi connectivity index (χ0) is 16.6. The summed E-state index contributed by atoms with van der Waals surface area (Å²) in [5.74, 6) is 0. The summed E-state index contributed by atoms with van der Waals surface area (Å²) in [6.07, 6.45) is 1.43. The standard InChI is InChI=1S/C17H12N4O2/c1-10-3-4-13-12(5-16(22)23-17(13)11(10)2)8-21-9-20-14(6-18)15(21)7-19/h3-5,9H,8H2,1-2H3. The normalized spacial score (nSPS) is 10.4.